The molecule has 1 amide bonds. The predicted octanol–water partition coefficient (Wildman–Crippen LogP) is 2.42. The number of carbonyl (C=O) groups is 1. The largest absolute Gasteiger partial charge is 0.367 e. The Balaban J connectivity index is 1.67. The fourth-order valence-electron chi connectivity index (χ4n) is 3.01. The smallest absolute Gasteiger partial charge is 0.229 e. The van der Waals surface area contributed by atoms with Gasteiger partial charge in [-0.05, 0) is 19.3 Å². The first-order valence-electron chi connectivity index (χ1n) is 8.32. The van der Waals surface area contributed by atoms with E-state index >= 15 is 0 Å². The highest BCUT2D eigenvalue weighted by molar-refractivity contribution is 6.32. The average molecular weight is 364 g/mol. The van der Waals surface area contributed by atoms with Crippen LogP contribution in [0.2, 0.25) is 5.02 Å². The van der Waals surface area contributed by atoms with Crippen LogP contribution in [0.4, 0.5) is 17.5 Å². The highest BCUT2D eigenvalue weighted by Gasteiger charge is 2.24. The summed E-state index contributed by atoms with van der Waals surface area (Å²) in [5, 5.41) is 10.9. The van der Waals surface area contributed by atoms with Crippen molar-refractivity contribution in [1.29, 1.82) is 0 Å². The number of nitrogens with zero attached hydrogens (tertiary/aromatic N) is 5. The maximum absolute atomic E-state index is 11.8. The van der Waals surface area contributed by atoms with Gasteiger partial charge in [-0.3, -0.25) is 9.48 Å². The molecule has 2 aromatic heterocycles. The molecule has 0 radical (unpaired) electrons. The van der Waals surface area contributed by atoms with E-state index in [0.717, 1.165) is 31.5 Å². The van der Waals surface area contributed by atoms with E-state index in [2.05, 4.69) is 25.7 Å². The number of anilines is 3. The molecule has 1 unspecified atom stereocenters. The Labute approximate surface area is 151 Å². The summed E-state index contributed by atoms with van der Waals surface area (Å²) >= 11 is 6.21. The number of hydrogen-bond donors (Lipinski definition) is 2. The molecule has 1 fully saturated rings. The lowest BCUT2D eigenvalue weighted by molar-refractivity contribution is -0.132. The Morgan fingerprint density at radius 2 is 2.24 bits per heavy atom. The van der Waals surface area contributed by atoms with Crippen LogP contribution in [0.15, 0.2) is 18.6 Å². The third kappa shape index (κ3) is 4.39. The lowest BCUT2D eigenvalue weighted by Gasteiger charge is -2.35. The summed E-state index contributed by atoms with van der Waals surface area (Å²) in [4.78, 5) is 22.3. The molecular weight excluding hydrogens is 342 g/mol. The molecular formula is C16H22ClN7O. The number of aromatic nitrogens is 4. The molecule has 25 heavy (non-hydrogen) atoms. The Morgan fingerprint density at radius 1 is 1.40 bits per heavy atom. The standard InChI is InChI=1S/C16H22ClN7O/c1-11(25)24-6-4-3-5-13(24)8-18-15-14(17)9-19-16(22-15)21-12-7-20-23(2)10-12/h7,9-10,13H,3-6,8H2,1-2H3,(H2,18,19,21,22). The third-order valence-electron chi connectivity index (χ3n) is 4.24. The fraction of sp³-hybridized carbons (Fsp3) is 0.500. The van der Waals surface area contributed by atoms with Crippen molar-refractivity contribution in [2.24, 2.45) is 7.05 Å². The van der Waals surface area contributed by atoms with Gasteiger partial charge in [0.05, 0.1) is 18.1 Å². The summed E-state index contributed by atoms with van der Waals surface area (Å²) < 4.78 is 1.69. The summed E-state index contributed by atoms with van der Waals surface area (Å²) in [5.41, 5.74) is 0.797. The zero-order valence-corrected chi connectivity index (χ0v) is 15.1. The first-order valence-corrected chi connectivity index (χ1v) is 8.70. The van der Waals surface area contributed by atoms with Gasteiger partial charge in [-0.1, -0.05) is 11.6 Å². The molecule has 0 spiro atoms. The number of carbonyl (C=O) groups excluding carboxylic acids is 1. The van der Waals surface area contributed by atoms with Crippen LogP contribution in [0.5, 0.6) is 0 Å². The normalized spacial score (nSPS) is 17.4. The summed E-state index contributed by atoms with van der Waals surface area (Å²) in [6, 6.07) is 0.159. The highest BCUT2D eigenvalue weighted by atomic mass is 35.5. The van der Waals surface area contributed by atoms with Crippen molar-refractivity contribution in [3.05, 3.63) is 23.6 Å². The molecule has 3 heterocycles. The molecule has 3 rings (SSSR count). The Kier molecular flexibility index (Phi) is 5.37. The average Bonchev–Trinajstić information content (AvgIpc) is 3.00. The van der Waals surface area contributed by atoms with Gasteiger partial charge in [0.25, 0.3) is 0 Å². The molecule has 8 nitrogen and oxygen atoms in total. The van der Waals surface area contributed by atoms with Crippen molar-refractivity contribution in [1.82, 2.24) is 24.6 Å². The summed E-state index contributed by atoms with van der Waals surface area (Å²) in [5.74, 6) is 1.10. The first kappa shape index (κ1) is 17.5. The van der Waals surface area contributed by atoms with Crippen molar-refractivity contribution in [3.63, 3.8) is 0 Å². The lowest BCUT2D eigenvalue weighted by Crippen LogP contribution is -2.46. The number of aryl methyl sites for hydroxylation is 1. The number of halogens is 1. The van der Waals surface area contributed by atoms with Crippen LogP contribution >= 0.6 is 11.6 Å². The molecule has 1 atom stereocenters. The summed E-state index contributed by atoms with van der Waals surface area (Å²) in [6.07, 6.45) is 8.25. The minimum Gasteiger partial charge on any atom is -0.367 e. The van der Waals surface area contributed by atoms with Crippen LogP contribution in [0.1, 0.15) is 26.2 Å². The van der Waals surface area contributed by atoms with Crippen LogP contribution in [-0.4, -0.2) is 49.7 Å². The molecule has 0 aromatic carbocycles. The van der Waals surface area contributed by atoms with Crippen molar-refractivity contribution in [3.8, 4) is 0 Å². The van der Waals surface area contributed by atoms with Gasteiger partial charge in [-0.2, -0.15) is 10.1 Å². The van der Waals surface area contributed by atoms with Crippen molar-refractivity contribution < 1.29 is 4.79 Å². The van der Waals surface area contributed by atoms with Crippen molar-refractivity contribution >= 4 is 35.0 Å². The quantitative estimate of drug-likeness (QED) is 0.848. The molecule has 2 N–H and O–H groups in total. The summed E-state index contributed by atoms with van der Waals surface area (Å²) in [7, 11) is 1.84. The molecule has 2 aromatic rings. The zero-order chi connectivity index (χ0) is 17.8. The molecule has 0 saturated carbocycles. The maximum Gasteiger partial charge on any atom is 0.229 e. The molecule has 1 aliphatic rings. The Hall–Kier alpha value is -2.35. The van der Waals surface area contributed by atoms with E-state index in [4.69, 9.17) is 11.6 Å². The molecule has 134 valence electrons. The van der Waals surface area contributed by atoms with Gasteiger partial charge in [-0.25, -0.2) is 4.98 Å². The number of piperidine rings is 1. The molecule has 1 saturated heterocycles. The molecule has 9 heteroatoms. The van der Waals surface area contributed by atoms with Gasteiger partial charge in [0.2, 0.25) is 11.9 Å². The van der Waals surface area contributed by atoms with E-state index in [1.807, 2.05) is 18.1 Å². The van der Waals surface area contributed by atoms with Crippen LogP contribution in [0.3, 0.4) is 0 Å². The first-order chi connectivity index (χ1) is 12.0. The second-order valence-corrected chi connectivity index (χ2v) is 6.57. The minimum absolute atomic E-state index is 0.110. The lowest BCUT2D eigenvalue weighted by atomic mass is 10.0. The van der Waals surface area contributed by atoms with Crippen molar-refractivity contribution in [2.45, 2.75) is 32.2 Å². The van der Waals surface area contributed by atoms with Gasteiger partial charge in [-0.15, -0.1) is 0 Å². The van der Waals surface area contributed by atoms with E-state index in [1.165, 1.54) is 0 Å². The monoisotopic (exact) mass is 363 g/mol. The third-order valence-corrected chi connectivity index (χ3v) is 4.52. The Morgan fingerprint density at radius 3 is 2.96 bits per heavy atom. The topological polar surface area (TPSA) is 88.0 Å². The van der Waals surface area contributed by atoms with Gasteiger partial charge >= 0.3 is 0 Å². The number of amides is 1. The van der Waals surface area contributed by atoms with E-state index in [1.54, 1.807) is 24.0 Å². The number of nitrogens with one attached hydrogen (secondary N) is 2. The van der Waals surface area contributed by atoms with Crippen LogP contribution < -0.4 is 10.6 Å². The Bertz CT molecular complexity index is 748. The molecule has 0 aliphatic carbocycles. The minimum atomic E-state index is 0.110. The van der Waals surface area contributed by atoms with E-state index in [0.29, 0.717) is 23.3 Å². The van der Waals surface area contributed by atoms with Crippen LogP contribution in [-0.2, 0) is 11.8 Å². The maximum atomic E-state index is 11.8. The van der Waals surface area contributed by atoms with Gasteiger partial charge in [0.1, 0.15) is 5.02 Å². The number of rotatable bonds is 5. The van der Waals surface area contributed by atoms with Gasteiger partial charge < -0.3 is 15.5 Å². The molecule has 1 aliphatic heterocycles. The van der Waals surface area contributed by atoms with Crippen molar-refractivity contribution in [2.75, 3.05) is 23.7 Å². The summed E-state index contributed by atoms with van der Waals surface area (Å²) in [6.45, 7) is 3.04. The number of hydrogen-bond acceptors (Lipinski definition) is 6. The van der Waals surface area contributed by atoms with Gasteiger partial charge in [0.15, 0.2) is 5.82 Å². The fourth-order valence-corrected chi connectivity index (χ4v) is 3.17. The van der Waals surface area contributed by atoms with Crippen LogP contribution in [0.25, 0.3) is 0 Å². The highest BCUT2D eigenvalue weighted by Crippen LogP contribution is 2.23. The second kappa shape index (κ2) is 7.69. The van der Waals surface area contributed by atoms with E-state index in [9.17, 15) is 4.79 Å². The van der Waals surface area contributed by atoms with Crippen LogP contribution in [0, 0.1) is 0 Å². The molecule has 0 bridgehead atoms. The SMILES string of the molecule is CC(=O)N1CCCCC1CNc1nc(Nc2cnn(C)c2)ncc1Cl. The van der Waals surface area contributed by atoms with E-state index < -0.39 is 0 Å². The van der Waals surface area contributed by atoms with E-state index in [-0.39, 0.29) is 11.9 Å². The zero-order valence-electron chi connectivity index (χ0n) is 14.4. The predicted molar refractivity (Wildman–Crippen MR) is 97.0 cm³/mol. The number of likely N-dealkylation sites (tertiary alicyclic amines) is 1. The second-order valence-electron chi connectivity index (χ2n) is 6.16. The van der Waals surface area contributed by atoms with Gasteiger partial charge in [0, 0.05) is 39.3 Å².